The number of fused-ring (bicyclic) bond motifs is 2. The van der Waals surface area contributed by atoms with Gasteiger partial charge in [-0.3, -0.25) is 4.74 Å². The zero-order valence-corrected chi connectivity index (χ0v) is 13.0. The summed E-state index contributed by atoms with van der Waals surface area (Å²) in [6.07, 6.45) is -1.18. The first-order chi connectivity index (χ1) is 11.8. The van der Waals surface area contributed by atoms with Crippen molar-refractivity contribution in [1.29, 1.82) is 0 Å². The molecule has 0 saturated carbocycles. The van der Waals surface area contributed by atoms with Crippen molar-refractivity contribution in [3.63, 3.8) is 0 Å². The highest BCUT2D eigenvalue weighted by molar-refractivity contribution is 5.21. The molecule has 0 aromatic heterocycles. The summed E-state index contributed by atoms with van der Waals surface area (Å²) >= 11 is 0. The molecule has 124 valence electrons. The summed E-state index contributed by atoms with van der Waals surface area (Å²) < 4.78 is 30.1. The van der Waals surface area contributed by atoms with E-state index >= 15 is 0 Å². The van der Waals surface area contributed by atoms with Crippen molar-refractivity contribution in [3.05, 3.63) is 71.8 Å². The van der Waals surface area contributed by atoms with Gasteiger partial charge in [0.15, 0.2) is 6.29 Å². The number of ether oxygens (including phenoxy) is 5. The van der Waals surface area contributed by atoms with Crippen molar-refractivity contribution in [2.45, 2.75) is 37.2 Å². The molecule has 3 saturated heterocycles. The second-order valence-corrected chi connectivity index (χ2v) is 6.24. The molecule has 0 aliphatic carbocycles. The Kier molecular flexibility index (Phi) is 3.43. The zero-order valence-electron chi connectivity index (χ0n) is 13.0. The van der Waals surface area contributed by atoms with Crippen molar-refractivity contribution >= 4 is 0 Å². The molecule has 3 heterocycles. The van der Waals surface area contributed by atoms with Crippen LogP contribution in [0.4, 0.5) is 0 Å². The molecule has 5 atom stereocenters. The molecule has 2 aromatic carbocycles. The molecule has 0 amide bonds. The predicted molar refractivity (Wildman–Crippen MR) is 83.7 cm³/mol. The second-order valence-electron chi connectivity index (χ2n) is 6.24. The van der Waals surface area contributed by atoms with Gasteiger partial charge in [0, 0.05) is 5.56 Å². The smallest absolute Gasteiger partial charge is 0.315 e. The molecule has 5 rings (SSSR count). The van der Waals surface area contributed by atoms with Crippen molar-refractivity contribution in [2.75, 3.05) is 6.61 Å². The van der Waals surface area contributed by atoms with Crippen LogP contribution in [-0.4, -0.2) is 31.2 Å². The van der Waals surface area contributed by atoms with Crippen molar-refractivity contribution in [3.8, 4) is 0 Å². The maximum Gasteiger partial charge on any atom is 0.315 e. The van der Waals surface area contributed by atoms with Gasteiger partial charge in [0.2, 0.25) is 0 Å². The van der Waals surface area contributed by atoms with Crippen molar-refractivity contribution in [2.24, 2.45) is 0 Å². The van der Waals surface area contributed by atoms with Gasteiger partial charge in [-0.25, -0.2) is 0 Å². The van der Waals surface area contributed by atoms with Crippen LogP contribution < -0.4 is 0 Å². The van der Waals surface area contributed by atoms with E-state index in [1.54, 1.807) is 0 Å². The van der Waals surface area contributed by atoms with Gasteiger partial charge in [0.1, 0.15) is 18.3 Å². The highest BCUT2D eigenvalue weighted by Crippen LogP contribution is 2.49. The molecule has 3 aliphatic heterocycles. The predicted octanol–water partition coefficient (Wildman–Crippen LogP) is 2.55. The Labute approximate surface area is 140 Å². The Morgan fingerprint density at radius 1 is 0.917 bits per heavy atom. The summed E-state index contributed by atoms with van der Waals surface area (Å²) in [5.41, 5.74) is 1.96. The van der Waals surface area contributed by atoms with Crippen molar-refractivity contribution in [1.82, 2.24) is 0 Å². The first-order valence-electron chi connectivity index (χ1n) is 8.20. The topological polar surface area (TPSA) is 46.2 Å². The quantitative estimate of drug-likeness (QED) is 0.864. The van der Waals surface area contributed by atoms with E-state index in [9.17, 15) is 0 Å². The fraction of sp³-hybridized carbons (Fsp3) is 0.368. The average Bonchev–Trinajstić information content (AvgIpc) is 2.84. The minimum atomic E-state index is -1.18. The zero-order chi connectivity index (χ0) is 16.0. The van der Waals surface area contributed by atoms with Crippen LogP contribution in [0, 0.1) is 0 Å². The third-order valence-electron chi connectivity index (χ3n) is 4.66. The monoisotopic (exact) mass is 326 g/mol. The van der Waals surface area contributed by atoms with Gasteiger partial charge in [-0.05, 0) is 5.56 Å². The molecule has 0 radical (unpaired) electrons. The first-order valence-corrected chi connectivity index (χ1v) is 8.20. The number of hydrogen-bond acceptors (Lipinski definition) is 5. The summed E-state index contributed by atoms with van der Waals surface area (Å²) in [7, 11) is 0. The Balaban J connectivity index is 1.37. The van der Waals surface area contributed by atoms with E-state index in [0.717, 1.165) is 11.1 Å². The van der Waals surface area contributed by atoms with Gasteiger partial charge in [0.25, 0.3) is 0 Å². The first kappa shape index (κ1) is 14.6. The van der Waals surface area contributed by atoms with E-state index in [-0.39, 0.29) is 18.3 Å². The van der Waals surface area contributed by atoms with Crippen LogP contribution in [0.3, 0.4) is 0 Å². The Hall–Kier alpha value is -1.76. The van der Waals surface area contributed by atoms with Crippen molar-refractivity contribution < 1.29 is 23.7 Å². The lowest BCUT2D eigenvalue weighted by atomic mass is 10.0. The molecule has 3 fully saturated rings. The molecular formula is C19H18O5. The summed E-state index contributed by atoms with van der Waals surface area (Å²) in [5.74, 6) is -1.18. The molecule has 0 N–H and O–H groups in total. The van der Waals surface area contributed by atoms with E-state index in [0.29, 0.717) is 13.2 Å². The van der Waals surface area contributed by atoms with E-state index in [1.807, 2.05) is 60.7 Å². The Morgan fingerprint density at radius 3 is 2.46 bits per heavy atom. The molecule has 24 heavy (non-hydrogen) atoms. The molecule has 1 unspecified atom stereocenters. The minimum Gasteiger partial charge on any atom is -0.368 e. The summed E-state index contributed by atoms with van der Waals surface area (Å²) in [6, 6.07) is 19.8. The maximum absolute atomic E-state index is 6.15. The van der Waals surface area contributed by atoms with Gasteiger partial charge < -0.3 is 18.9 Å². The van der Waals surface area contributed by atoms with Gasteiger partial charge in [-0.15, -0.1) is 0 Å². The van der Waals surface area contributed by atoms with E-state index in [1.165, 1.54) is 0 Å². The summed E-state index contributed by atoms with van der Waals surface area (Å²) in [4.78, 5) is 0. The van der Waals surface area contributed by atoms with Gasteiger partial charge >= 0.3 is 5.97 Å². The normalized spacial score (nSPS) is 36.8. The van der Waals surface area contributed by atoms with Crippen LogP contribution in [0.5, 0.6) is 0 Å². The lowest BCUT2D eigenvalue weighted by Crippen LogP contribution is -2.57. The summed E-state index contributed by atoms with van der Waals surface area (Å²) in [6.45, 7) is 0.953. The molecule has 3 aliphatic rings. The SMILES string of the molecule is c1ccc(CO[C@@H]2[C@H]3OC4(c5ccccc5)O[C@H]3OC[C@H]2O4)cc1. The molecular weight excluding hydrogens is 308 g/mol. The lowest BCUT2D eigenvalue weighted by molar-refractivity contribution is -0.401. The van der Waals surface area contributed by atoms with Crippen LogP contribution in [0.25, 0.3) is 0 Å². The lowest BCUT2D eigenvalue weighted by Gasteiger charge is -2.42. The minimum absolute atomic E-state index is 0.205. The Bertz CT molecular complexity index is 706. The van der Waals surface area contributed by atoms with E-state index in [2.05, 4.69) is 0 Å². The van der Waals surface area contributed by atoms with Gasteiger partial charge in [0.05, 0.1) is 13.2 Å². The van der Waals surface area contributed by atoms with Crippen LogP contribution in [0.1, 0.15) is 11.1 Å². The van der Waals surface area contributed by atoms with Gasteiger partial charge in [-0.1, -0.05) is 60.7 Å². The largest absolute Gasteiger partial charge is 0.368 e. The average molecular weight is 326 g/mol. The second kappa shape index (κ2) is 5.65. The maximum atomic E-state index is 6.15. The van der Waals surface area contributed by atoms with E-state index < -0.39 is 12.3 Å². The number of benzene rings is 2. The fourth-order valence-electron chi connectivity index (χ4n) is 3.50. The standard InChI is InChI=1S/C19H18O5/c1-3-7-13(8-4-1)11-20-16-15-12-21-18-17(16)23-19(22-15,24-18)14-9-5-2-6-10-14/h1-10,15-18H,11-12H2/t15-,16+,17-,18-,19?/m1/s1. The number of hydrogen-bond donors (Lipinski definition) is 0. The van der Waals surface area contributed by atoms with Crippen LogP contribution in [0.2, 0.25) is 0 Å². The fourth-order valence-corrected chi connectivity index (χ4v) is 3.50. The van der Waals surface area contributed by atoms with Crippen LogP contribution in [0.15, 0.2) is 60.7 Å². The van der Waals surface area contributed by atoms with Crippen LogP contribution in [-0.2, 0) is 36.3 Å². The third-order valence-corrected chi connectivity index (χ3v) is 4.66. The highest BCUT2D eigenvalue weighted by Gasteiger charge is 2.64. The van der Waals surface area contributed by atoms with Gasteiger partial charge in [-0.2, -0.15) is 0 Å². The number of rotatable bonds is 4. The molecule has 5 nitrogen and oxygen atoms in total. The van der Waals surface area contributed by atoms with Crippen LogP contribution >= 0.6 is 0 Å². The molecule has 0 spiro atoms. The highest BCUT2D eigenvalue weighted by atomic mass is 17.0. The summed E-state index contributed by atoms with van der Waals surface area (Å²) in [5, 5.41) is 0. The molecule has 5 heteroatoms. The molecule has 2 aromatic rings. The Morgan fingerprint density at radius 2 is 1.67 bits per heavy atom. The molecule has 3 bridgehead atoms. The van der Waals surface area contributed by atoms with E-state index in [4.69, 9.17) is 23.7 Å². The third kappa shape index (κ3) is 2.29.